The third kappa shape index (κ3) is 4.32. The van der Waals surface area contributed by atoms with Crippen molar-refractivity contribution in [2.75, 3.05) is 11.9 Å². The van der Waals surface area contributed by atoms with E-state index in [4.69, 9.17) is 23.2 Å². The molecule has 1 N–H and O–H groups in total. The first-order valence-corrected chi connectivity index (χ1v) is 12.3. The van der Waals surface area contributed by atoms with Crippen molar-refractivity contribution in [3.05, 3.63) is 55.8 Å². The van der Waals surface area contributed by atoms with E-state index in [1.165, 1.54) is 10.4 Å². The molecule has 12 heteroatoms. The van der Waals surface area contributed by atoms with Crippen molar-refractivity contribution in [3.8, 4) is 0 Å². The average molecular weight is 489 g/mol. The van der Waals surface area contributed by atoms with Crippen molar-refractivity contribution in [3.63, 3.8) is 0 Å². The minimum absolute atomic E-state index is 0.156. The highest BCUT2D eigenvalue weighted by atomic mass is 35.5. The van der Waals surface area contributed by atoms with Gasteiger partial charge in [-0.25, -0.2) is 8.42 Å². The Morgan fingerprint density at radius 2 is 2.00 bits per heavy atom. The van der Waals surface area contributed by atoms with Crippen LogP contribution in [0.25, 0.3) is 0 Å². The topological polar surface area (TPSA) is 92.3 Å². The number of benzene rings is 1. The summed E-state index contributed by atoms with van der Waals surface area (Å²) in [4.78, 5) is 12.5. The molecule has 152 valence electrons. The van der Waals surface area contributed by atoms with Crippen LogP contribution in [-0.4, -0.2) is 35.4 Å². The molecule has 7 nitrogen and oxygen atoms in total. The second kappa shape index (κ2) is 8.29. The number of nitrogens with one attached hydrogen (secondary N) is 1. The molecule has 1 atom stereocenters. The van der Waals surface area contributed by atoms with E-state index in [-0.39, 0.29) is 9.22 Å². The first-order valence-electron chi connectivity index (χ1n) is 8.52. The molecule has 4 rings (SSSR count). The van der Waals surface area contributed by atoms with Crippen LogP contribution in [0.2, 0.25) is 9.36 Å². The number of carbonyl (C=O) groups is 1. The number of rotatable bonds is 5. The van der Waals surface area contributed by atoms with Crippen LogP contribution in [-0.2, 0) is 10.0 Å². The quantitative estimate of drug-likeness (QED) is 0.562. The fourth-order valence-electron chi connectivity index (χ4n) is 3.04. The first-order chi connectivity index (χ1) is 13.8. The van der Waals surface area contributed by atoms with Gasteiger partial charge in [0.15, 0.2) is 0 Å². The lowest BCUT2D eigenvalue weighted by atomic mass is 10.2. The van der Waals surface area contributed by atoms with E-state index in [9.17, 15) is 13.2 Å². The van der Waals surface area contributed by atoms with Crippen LogP contribution in [0, 0.1) is 0 Å². The number of carbonyl (C=O) groups excluding carboxylic acids is 1. The van der Waals surface area contributed by atoms with Gasteiger partial charge >= 0.3 is 0 Å². The van der Waals surface area contributed by atoms with Gasteiger partial charge in [0.05, 0.1) is 10.4 Å². The van der Waals surface area contributed by atoms with Crippen molar-refractivity contribution in [2.45, 2.75) is 23.1 Å². The summed E-state index contributed by atoms with van der Waals surface area (Å²) in [6.07, 6.45) is 1.31. The summed E-state index contributed by atoms with van der Waals surface area (Å²) in [5.41, 5.74) is 0.541. The Morgan fingerprint density at radius 1 is 1.17 bits per heavy atom. The van der Waals surface area contributed by atoms with Gasteiger partial charge < -0.3 is 5.32 Å². The van der Waals surface area contributed by atoms with E-state index < -0.39 is 22.0 Å². The fraction of sp³-hybridized carbons (Fsp3) is 0.235. The molecular weight excluding hydrogens is 475 g/mol. The third-order valence-corrected chi connectivity index (χ3v) is 9.18. The summed E-state index contributed by atoms with van der Waals surface area (Å²) in [7, 11) is -3.69. The second-order valence-electron chi connectivity index (χ2n) is 6.24. The van der Waals surface area contributed by atoms with Crippen molar-refractivity contribution in [1.82, 2.24) is 14.5 Å². The molecule has 1 fully saturated rings. The lowest BCUT2D eigenvalue weighted by Gasteiger charge is -2.21. The molecule has 3 heterocycles. The molecule has 1 saturated heterocycles. The first kappa shape index (κ1) is 20.7. The molecule has 0 bridgehead atoms. The predicted molar refractivity (Wildman–Crippen MR) is 115 cm³/mol. The van der Waals surface area contributed by atoms with Crippen LogP contribution in [0.4, 0.5) is 5.69 Å². The highest BCUT2D eigenvalue weighted by Gasteiger charge is 2.39. The van der Waals surface area contributed by atoms with Gasteiger partial charge in [0, 0.05) is 17.3 Å². The van der Waals surface area contributed by atoms with Crippen LogP contribution in [0.1, 0.15) is 33.7 Å². The third-order valence-electron chi connectivity index (χ3n) is 4.32. The van der Waals surface area contributed by atoms with Gasteiger partial charge in [-0.15, -0.1) is 21.5 Å². The molecule has 0 radical (unpaired) electrons. The maximum Gasteiger partial charge on any atom is 0.286 e. The Hall–Kier alpha value is -1.56. The normalized spacial score (nSPS) is 17.5. The number of hydrogen-bond acceptors (Lipinski definition) is 7. The van der Waals surface area contributed by atoms with Gasteiger partial charge in [0.2, 0.25) is 5.01 Å². The van der Waals surface area contributed by atoms with Crippen LogP contribution < -0.4 is 5.32 Å². The predicted octanol–water partition coefficient (Wildman–Crippen LogP) is 4.68. The van der Waals surface area contributed by atoms with Gasteiger partial charge in [-0.2, -0.15) is 4.31 Å². The molecule has 0 aliphatic carbocycles. The molecule has 1 aliphatic heterocycles. The molecule has 1 amide bonds. The number of anilines is 1. The maximum atomic E-state index is 13.0. The number of hydrogen-bond donors (Lipinski definition) is 1. The standard InChI is InChI=1S/C17H14Cl2N4O3S3/c18-10-3-1-4-11(9-10)20-15(24)17-22-21-16(28-17)12-5-2-8-23(12)29(25,26)14-7-6-13(19)27-14/h1,3-4,6-7,9,12H,2,5,8H2,(H,20,24)/t12-/m0/s1. The molecule has 1 aromatic carbocycles. The van der Waals surface area contributed by atoms with E-state index in [0.717, 1.165) is 22.7 Å². The molecule has 0 saturated carbocycles. The Bertz CT molecular complexity index is 1160. The Morgan fingerprint density at radius 3 is 2.72 bits per heavy atom. The average Bonchev–Trinajstić information content (AvgIpc) is 3.41. The van der Waals surface area contributed by atoms with Gasteiger partial charge in [-0.3, -0.25) is 4.79 Å². The van der Waals surface area contributed by atoms with Crippen LogP contribution in [0.3, 0.4) is 0 Å². The van der Waals surface area contributed by atoms with Crippen molar-refractivity contribution in [1.29, 1.82) is 0 Å². The van der Waals surface area contributed by atoms with E-state index in [0.29, 0.717) is 39.4 Å². The molecule has 3 aromatic rings. The van der Waals surface area contributed by atoms with Crippen LogP contribution in [0.5, 0.6) is 0 Å². The van der Waals surface area contributed by atoms with Gasteiger partial charge in [-0.1, -0.05) is 40.6 Å². The molecule has 2 aromatic heterocycles. The summed E-state index contributed by atoms with van der Waals surface area (Å²) in [6.45, 7) is 0.381. The largest absolute Gasteiger partial charge is 0.320 e. The molecule has 29 heavy (non-hydrogen) atoms. The monoisotopic (exact) mass is 488 g/mol. The van der Waals surface area contributed by atoms with E-state index in [2.05, 4.69) is 15.5 Å². The molecule has 1 aliphatic rings. The lowest BCUT2D eigenvalue weighted by molar-refractivity contribution is 0.102. The number of amides is 1. The number of sulfonamides is 1. The van der Waals surface area contributed by atoms with E-state index in [1.54, 1.807) is 30.3 Å². The van der Waals surface area contributed by atoms with E-state index >= 15 is 0 Å². The zero-order valence-electron chi connectivity index (χ0n) is 14.7. The van der Waals surface area contributed by atoms with Gasteiger partial charge in [0.25, 0.3) is 15.9 Å². The summed E-state index contributed by atoms with van der Waals surface area (Å²) >= 11 is 13.9. The van der Waals surface area contributed by atoms with Gasteiger partial charge in [-0.05, 0) is 43.2 Å². The van der Waals surface area contributed by atoms with Crippen LogP contribution >= 0.6 is 45.9 Å². The number of aromatic nitrogens is 2. The summed E-state index contributed by atoms with van der Waals surface area (Å²) in [5, 5.41) is 11.9. The minimum atomic E-state index is -3.69. The maximum absolute atomic E-state index is 13.0. The highest BCUT2D eigenvalue weighted by molar-refractivity contribution is 7.91. The van der Waals surface area contributed by atoms with Crippen molar-refractivity contribution >= 4 is 67.5 Å². The smallest absolute Gasteiger partial charge is 0.286 e. The summed E-state index contributed by atoms with van der Waals surface area (Å²) in [5.74, 6) is -0.423. The number of nitrogens with zero attached hydrogens (tertiary/aromatic N) is 3. The highest BCUT2D eigenvalue weighted by Crippen LogP contribution is 2.39. The van der Waals surface area contributed by atoms with E-state index in [1.807, 2.05) is 0 Å². The molecule has 0 spiro atoms. The summed E-state index contributed by atoms with van der Waals surface area (Å²) < 4.78 is 28.0. The lowest BCUT2D eigenvalue weighted by Crippen LogP contribution is -2.30. The zero-order valence-corrected chi connectivity index (χ0v) is 18.7. The fourth-order valence-corrected chi connectivity index (χ4v) is 7.45. The van der Waals surface area contributed by atoms with Crippen LogP contribution in [0.15, 0.2) is 40.6 Å². The number of halogens is 2. The molecular formula is C17H14Cl2N4O3S3. The Balaban J connectivity index is 1.54. The van der Waals surface area contributed by atoms with Gasteiger partial charge in [0.1, 0.15) is 9.22 Å². The Kier molecular flexibility index (Phi) is 5.92. The Labute approximate surface area is 185 Å². The number of thiophene rings is 1. The molecule has 0 unspecified atom stereocenters. The SMILES string of the molecule is O=C(Nc1cccc(Cl)c1)c1nnc([C@@H]2CCCN2S(=O)(=O)c2ccc(Cl)s2)s1. The summed E-state index contributed by atoms with van der Waals surface area (Å²) in [6, 6.07) is 9.38. The zero-order chi connectivity index (χ0) is 20.6. The minimum Gasteiger partial charge on any atom is -0.320 e. The van der Waals surface area contributed by atoms with Crippen molar-refractivity contribution in [2.24, 2.45) is 0 Å². The second-order valence-corrected chi connectivity index (χ2v) is 11.5. The van der Waals surface area contributed by atoms with Crippen molar-refractivity contribution < 1.29 is 13.2 Å².